The molecule has 0 spiro atoms. The van der Waals surface area contributed by atoms with Gasteiger partial charge in [-0.05, 0) is 111 Å². The first-order chi connectivity index (χ1) is 23.0. The van der Waals surface area contributed by atoms with Gasteiger partial charge in [0.25, 0.3) is 0 Å². The van der Waals surface area contributed by atoms with Gasteiger partial charge in [-0.25, -0.2) is 4.79 Å². The van der Waals surface area contributed by atoms with Crippen LogP contribution in [0, 0.1) is 0 Å². The number of hydrogen-bond acceptors (Lipinski definition) is 5. The summed E-state index contributed by atoms with van der Waals surface area (Å²) in [5.74, 6) is 1.27. The van der Waals surface area contributed by atoms with E-state index in [-0.39, 0.29) is 11.4 Å². The molecule has 0 radical (unpaired) electrons. The summed E-state index contributed by atoms with van der Waals surface area (Å²) in [7, 11) is -2.09. The number of halogens is 2. The van der Waals surface area contributed by atoms with Gasteiger partial charge in [0.15, 0.2) is 8.32 Å². The average Bonchev–Trinajstić information content (AvgIpc) is 3.28. The number of ether oxygens (including phenoxy) is 1. The molecule has 1 N–H and O–H groups in total. The first-order valence-electron chi connectivity index (χ1n) is 17.4. The molecule has 1 fully saturated rings. The lowest BCUT2D eigenvalue weighted by Crippen LogP contribution is -2.60. The summed E-state index contributed by atoms with van der Waals surface area (Å²) in [6.45, 7) is 20.9. The lowest BCUT2D eigenvalue weighted by atomic mass is 9.71. The maximum absolute atomic E-state index is 15.2. The fraction of sp³-hybridized carbons (Fsp3) is 0.487. The van der Waals surface area contributed by atoms with Crippen molar-refractivity contribution in [3.05, 3.63) is 99.0 Å². The second-order valence-corrected chi connectivity index (χ2v) is 20.3. The summed E-state index contributed by atoms with van der Waals surface area (Å²) < 4.78 is 6.32. The van der Waals surface area contributed by atoms with Gasteiger partial charge in [0.2, 0.25) is 0 Å². The van der Waals surface area contributed by atoms with Gasteiger partial charge >= 0.3 is 6.03 Å². The smallest absolute Gasteiger partial charge is 0.326 e. The van der Waals surface area contributed by atoms with Crippen LogP contribution in [-0.4, -0.2) is 79.0 Å². The largest absolute Gasteiger partial charge is 0.493 e. The Balaban J connectivity index is 1.64. The second kappa shape index (κ2) is 14.4. The van der Waals surface area contributed by atoms with Crippen LogP contribution in [0.5, 0.6) is 5.75 Å². The van der Waals surface area contributed by atoms with E-state index < -0.39 is 19.4 Å². The van der Waals surface area contributed by atoms with Gasteiger partial charge < -0.3 is 14.4 Å². The van der Waals surface area contributed by atoms with Crippen molar-refractivity contribution in [3.63, 3.8) is 0 Å². The lowest BCUT2D eigenvalue weighted by Gasteiger charge is -2.47. The molecule has 3 aromatic rings. The molecule has 0 bridgehead atoms. The van der Waals surface area contributed by atoms with Crippen molar-refractivity contribution in [1.29, 1.82) is 0 Å². The molecule has 1 saturated heterocycles. The van der Waals surface area contributed by atoms with Crippen LogP contribution < -0.4 is 4.74 Å². The molecule has 0 saturated carbocycles. The Morgan fingerprint density at radius 1 is 0.918 bits per heavy atom. The fourth-order valence-corrected chi connectivity index (χ4v) is 8.33. The Morgan fingerprint density at radius 3 is 2.02 bits per heavy atom. The van der Waals surface area contributed by atoms with Crippen LogP contribution in [0.3, 0.4) is 0 Å². The van der Waals surface area contributed by atoms with Gasteiger partial charge in [-0.3, -0.25) is 14.8 Å². The van der Waals surface area contributed by atoms with E-state index in [1.807, 2.05) is 78.3 Å². The van der Waals surface area contributed by atoms with Crippen molar-refractivity contribution in [2.24, 2.45) is 4.99 Å². The standard InChI is InChI=1S/C39H52Cl2N4O3Si/c1-9-48-34-27-30(37(2,3)4)15-20-33(34)35-42-38(5,28-11-16-31(40)17-12-28)39(6,29-13-18-32(41)19-14-29)45(35)36(46)44-24-22-43(23-25-44)21-10-26-49(7,8)47/h11-20,27,47H,9-10,21-26H2,1-8H3/t38-,39+/m0/s1. The van der Waals surface area contributed by atoms with Crippen LogP contribution in [0.2, 0.25) is 29.2 Å². The number of aliphatic imine (C=N–C) groups is 1. The quantitative estimate of drug-likeness (QED) is 0.224. The van der Waals surface area contributed by atoms with Crippen LogP contribution in [0.25, 0.3) is 0 Å². The molecule has 264 valence electrons. The fourth-order valence-electron chi connectivity index (χ4n) is 7.06. The predicted molar refractivity (Wildman–Crippen MR) is 205 cm³/mol. The van der Waals surface area contributed by atoms with Crippen molar-refractivity contribution >= 4 is 43.4 Å². The minimum absolute atomic E-state index is 0.0954. The zero-order valence-corrected chi connectivity index (χ0v) is 32.8. The lowest BCUT2D eigenvalue weighted by molar-refractivity contribution is 0.0867. The van der Waals surface area contributed by atoms with Crippen molar-refractivity contribution in [2.45, 2.75) is 83.6 Å². The SMILES string of the molecule is CCOc1cc(C(C)(C)C)ccc1C1=N[C@@](C)(c2ccc(Cl)cc2)[C@@](C)(c2ccc(Cl)cc2)N1C(=O)N1CCN(CCC[Si](C)(C)O)CC1. The van der Waals surface area contributed by atoms with Crippen molar-refractivity contribution < 1.29 is 14.3 Å². The van der Waals surface area contributed by atoms with E-state index in [1.165, 1.54) is 0 Å². The highest BCUT2D eigenvalue weighted by Gasteiger charge is 2.60. The molecular formula is C39H52Cl2N4O3Si. The van der Waals surface area contributed by atoms with Crippen molar-refractivity contribution in [1.82, 2.24) is 14.7 Å². The molecule has 0 aromatic heterocycles. The Bertz CT molecular complexity index is 1660. The zero-order chi connectivity index (χ0) is 35.8. The number of carbonyl (C=O) groups is 1. The number of amides is 2. The maximum atomic E-state index is 15.2. The van der Waals surface area contributed by atoms with Gasteiger partial charge in [0, 0.05) is 36.2 Å². The monoisotopic (exact) mass is 722 g/mol. The van der Waals surface area contributed by atoms with Crippen LogP contribution in [0.1, 0.15) is 70.2 Å². The van der Waals surface area contributed by atoms with E-state index in [0.29, 0.717) is 41.3 Å². The zero-order valence-electron chi connectivity index (χ0n) is 30.3. The summed E-state index contributed by atoms with van der Waals surface area (Å²) in [4.78, 5) is 37.4. The molecule has 49 heavy (non-hydrogen) atoms. The molecule has 2 aliphatic rings. The van der Waals surface area contributed by atoms with Crippen LogP contribution in [-0.2, 0) is 16.5 Å². The van der Waals surface area contributed by atoms with Crippen LogP contribution >= 0.6 is 23.2 Å². The number of amidine groups is 1. The molecule has 7 nitrogen and oxygen atoms in total. The number of carbonyl (C=O) groups excluding carboxylic acids is 1. The summed E-state index contributed by atoms with van der Waals surface area (Å²) in [6.07, 6.45) is 0.964. The number of benzene rings is 3. The van der Waals surface area contributed by atoms with Gasteiger partial charge in [0.05, 0.1) is 12.2 Å². The topological polar surface area (TPSA) is 68.6 Å². The van der Waals surface area contributed by atoms with Gasteiger partial charge in [0.1, 0.15) is 22.7 Å². The molecule has 0 unspecified atom stereocenters. The third-order valence-electron chi connectivity index (χ3n) is 10.2. The number of rotatable bonds is 9. The maximum Gasteiger partial charge on any atom is 0.326 e. The van der Waals surface area contributed by atoms with Crippen molar-refractivity contribution in [2.75, 3.05) is 39.3 Å². The molecule has 2 aliphatic heterocycles. The van der Waals surface area contributed by atoms with E-state index >= 15 is 4.79 Å². The number of piperazine rings is 1. The van der Waals surface area contributed by atoms with E-state index in [2.05, 4.69) is 57.7 Å². The first-order valence-corrected chi connectivity index (χ1v) is 21.3. The summed E-state index contributed by atoms with van der Waals surface area (Å²) >= 11 is 12.8. The first kappa shape index (κ1) is 37.4. The highest BCUT2D eigenvalue weighted by Crippen LogP contribution is 2.54. The average molecular weight is 724 g/mol. The summed E-state index contributed by atoms with van der Waals surface area (Å²) in [6, 6.07) is 22.6. The molecule has 2 heterocycles. The minimum Gasteiger partial charge on any atom is -0.493 e. The van der Waals surface area contributed by atoms with E-state index in [4.69, 9.17) is 32.9 Å². The second-order valence-electron chi connectivity index (χ2n) is 15.4. The molecular weight excluding hydrogens is 671 g/mol. The molecule has 5 rings (SSSR count). The summed E-state index contributed by atoms with van der Waals surface area (Å²) in [5.41, 5.74) is 1.80. The predicted octanol–water partition coefficient (Wildman–Crippen LogP) is 8.91. The van der Waals surface area contributed by atoms with Crippen molar-refractivity contribution in [3.8, 4) is 5.75 Å². The normalized spacial score (nSPS) is 22.0. The number of nitrogens with zero attached hydrogens (tertiary/aromatic N) is 4. The van der Waals surface area contributed by atoms with Gasteiger partial charge in [-0.1, -0.05) is 74.3 Å². The molecule has 2 atom stereocenters. The summed E-state index contributed by atoms with van der Waals surface area (Å²) in [5, 5.41) is 1.26. The third kappa shape index (κ3) is 7.74. The molecule has 3 aromatic carbocycles. The van der Waals surface area contributed by atoms with Crippen LogP contribution in [0.15, 0.2) is 71.7 Å². The van der Waals surface area contributed by atoms with E-state index in [1.54, 1.807) is 0 Å². The van der Waals surface area contributed by atoms with Gasteiger partial charge in [-0.2, -0.15) is 0 Å². The third-order valence-corrected chi connectivity index (χ3v) is 12.3. The highest BCUT2D eigenvalue weighted by molar-refractivity contribution is 6.69. The van der Waals surface area contributed by atoms with E-state index in [9.17, 15) is 4.80 Å². The molecule has 10 heteroatoms. The molecule has 0 aliphatic carbocycles. The van der Waals surface area contributed by atoms with Gasteiger partial charge in [-0.15, -0.1) is 0 Å². The number of urea groups is 1. The van der Waals surface area contributed by atoms with E-state index in [0.717, 1.165) is 54.4 Å². The Morgan fingerprint density at radius 2 is 1.49 bits per heavy atom. The Kier molecular flexibility index (Phi) is 11.0. The molecule has 2 amide bonds. The van der Waals surface area contributed by atoms with Crippen LogP contribution in [0.4, 0.5) is 4.79 Å². The highest BCUT2D eigenvalue weighted by atomic mass is 35.5. The Hall–Kier alpha value is -2.88. The minimum atomic E-state index is -2.09. The number of hydrogen-bond donors (Lipinski definition) is 1. The Labute approximate surface area is 304 Å².